The second-order valence-corrected chi connectivity index (χ2v) is 12.1. The van der Waals surface area contributed by atoms with Gasteiger partial charge in [-0.15, -0.1) is 0 Å². The number of morpholine rings is 1. The number of hydrogen-bond acceptors (Lipinski definition) is 6. The molecule has 2 saturated heterocycles. The maximum atomic E-state index is 13.4. The highest BCUT2D eigenvalue weighted by molar-refractivity contribution is 7.89. The number of anilines is 1. The maximum absolute atomic E-state index is 13.4. The van der Waals surface area contributed by atoms with Crippen LogP contribution in [0.15, 0.2) is 47.4 Å². The van der Waals surface area contributed by atoms with E-state index in [0.29, 0.717) is 44.3 Å². The summed E-state index contributed by atoms with van der Waals surface area (Å²) in [6, 6.07) is 12.5. The van der Waals surface area contributed by atoms with E-state index in [1.165, 1.54) is 11.4 Å². The van der Waals surface area contributed by atoms with E-state index in [4.69, 9.17) is 4.74 Å². The number of urea groups is 1. The molecule has 1 spiro atoms. The lowest BCUT2D eigenvalue weighted by atomic mass is 9.90. The first-order chi connectivity index (χ1) is 18.3. The van der Waals surface area contributed by atoms with Crippen molar-refractivity contribution in [3.63, 3.8) is 0 Å². The van der Waals surface area contributed by atoms with Gasteiger partial charge in [-0.05, 0) is 61.1 Å². The van der Waals surface area contributed by atoms with Crippen LogP contribution < -0.4 is 10.6 Å². The number of nitrogens with zero attached hydrogens (tertiary/aromatic N) is 3. The van der Waals surface area contributed by atoms with Gasteiger partial charge in [-0.3, -0.25) is 15.2 Å². The average molecular weight is 539 g/mol. The van der Waals surface area contributed by atoms with Gasteiger partial charge < -0.3 is 15.0 Å². The van der Waals surface area contributed by atoms with Gasteiger partial charge in [0.1, 0.15) is 6.61 Å². The van der Waals surface area contributed by atoms with E-state index in [-0.39, 0.29) is 23.4 Å². The van der Waals surface area contributed by atoms with E-state index < -0.39 is 15.6 Å². The average Bonchev–Trinajstić information content (AvgIpc) is 3.71. The van der Waals surface area contributed by atoms with Crippen molar-refractivity contribution in [2.45, 2.75) is 42.2 Å². The summed E-state index contributed by atoms with van der Waals surface area (Å²) in [7, 11) is -2.12. The molecule has 0 bridgehead atoms. The van der Waals surface area contributed by atoms with Crippen LogP contribution in [-0.4, -0.2) is 84.7 Å². The number of fused-ring (bicyclic) bond motifs is 1. The van der Waals surface area contributed by atoms with Crippen LogP contribution in [0.5, 0.6) is 0 Å². The highest BCUT2D eigenvalue weighted by atomic mass is 32.2. The second kappa shape index (κ2) is 9.37. The summed E-state index contributed by atoms with van der Waals surface area (Å²) in [6.45, 7) is 1.36. The molecule has 1 saturated carbocycles. The molecule has 3 amide bonds. The number of aromatic amines is 1. The number of carbonyl (C=O) groups is 2. The molecule has 0 radical (unpaired) electrons. The first-order valence-corrected chi connectivity index (χ1v) is 14.2. The number of H-pyrrole nitrogens is 1. The Bertz CT molecular complexity index is 1490. The van der Waals surface area contributed by atoms with E-state index in [9.17, 15) is 18.0 Å². The van der Waals surface area contributed by atoms with E-state index in [1.807, 2.05) is 23.1 Å². The van der Waals surface area contributed by atoms with Crippen LogP contribution in [0.2, 0.25) is 0 Å². The summed E-state index contributed by atoms with van der Waals surface area (Å²) in [6.07, 6.45) is 3.23. The van der Waals surface area contributed by atoms with Crippen molar-refractivity contribution in [2.24, 2.45) is 0 Å². The number of hydrogen-bond donors (Lipinski definition) is 3. The van der Waals surface area contributed by atoms with Crippen molar-refractivity contribution in [3.8, 4) is 11.1 Å². The number of rotatable bonds is 5. The summed E-state index contributed by atoms with van der Waals surface area (Å²) in [5.74, 6) is 0.474. The Morgan fingerprint density at radius 3 is 2.50 bits per heavy atom. The summed E-state index contributed by atoms with van der Waals surface area (Å²) in [4.78, 5) is 26.0. The predicted molar refractivity (Wildman–Crippen MR) is 141 cm³/mol. The standard InChI is InChI=1S/C26H30N6O5S/c1-27-25(34)28-24-21-9-4-18(14-22(21)29-30-24)17-2-7-20(8-3-17)38(35,36)31-12-10-26(11-13-31)16-32(19-5-6-19)23(33)15-37-26/h2-4,7-9,14,19H,5-6,10-13,15-16H2,1H3,(H3,27,28,29,30,34). The first kappa shape index (κ1) is 24.8. The molecule has 6 rings (SSSR count). The number of aromatic nitrogens is 2. The van der Waals surface area contributed by atoms with E-state index >= 15 is 0 Å². The van der Waals surface area contributed by atoms with Gasteiger partial charge in [0.15, 0.2) is 5.82 Å². The topological polar surface area (TPSA) is 137 Å². The fraction of sp³-hybridized carbons (Fsp3) is 0.423. The molecule has 3 aliphatic rings. The Morgan fingerprint density at radius 1 is 1.11 bits per heavy atom. The summed E-state index contributed by atoms with van der Waals surface area (Å²) < 4.78 is 34.3. The molecule has 3 aromatic rings. The van der Waals surface area contributed by atoms with Crippen molar-refractivity contribution in [1.82, 2.24) is 24.7 Å². The zero-order valence-corrected chi connectivity index (χ0v) is 21.9. The van der Waals surface area contributed by atoms with E-state index in [0.717, 1.165) is 34.9 Å². The number of piperidine rings is 1. The van der Waals surface area contributed by atoms with Gasteiger partial charge in [0.2, 0.25) is 15.9 Å². The van der Waals surface area contributed by atoms with Crippen molar-refractivity contribution < 1.29 is 22.7 Å². The van der Waals surface area contributed by atoms with Crippen LogP contribution in [0, 0.1) is 0 Å². The van der Waals surface area contributed by atoms with Crippen LogP contribution in [0.1, 0.15) is 25.7 Å². The zero-order chi connectivity index (χ0) is 26.5. The lowest BCUT2D eigenvalue weighted by Crippen LogP contribution is -2.59. The number of nitrogens with one attached hydrogen (secondary N) is 3. The molecule has 11 nitrogen and oxygen atoms in total. The van der Waals surface area contributed by atoms with Gasteiger partial charge >= 0.3 is 6.03 Å². The Balaban J connectivity index is 1.14. The quantitative estimate of drug-likeness (QED) is 0.457. The third-order valence-electron chi connectivity index (χ3n) is 7.75. The van der Waals surface area contributed by atoms with E-state index in [2.05, 4.69) is 20.8 Å². The molecule has 12 heteroatoms. The summed E-state index contributed by atoms with van der Waals surface area (Å²) in [5, 5.41) is 13.0. The molecule has 0 atom stereocenters. The molecule has 3 N–H and O–H groups in total. The lowest BCUT2D eigenvalue weighted by Gasteiger charge is -2.46. The smallest absolute Gasteiger partial charge is 0.320 e. The second-order valence-electron chi connectivity index (χ2n) is 10.2. The third kappa shape index (κ3) is 4.52. The van der Waals surface area contributed by atoms with Crippen LogP contribution in [0.25, 0.3) is 22.0 Å². The minimum Gasteiger partial charge on any atom is -0.363 e. The Kier molecular flexibility index (Phi) is 6.12. The zero-order valence-electron chi connectivity index (χ0n) is 21.1. The maximum Gasteiger partial charge on any atom is 0.320 e. The number of amides is 3. The Hall–Kier alpha value is -3.48. The van der Waals surface area contributed by atoms with Gasteiger partial charge in [-0.1, -0.05) is 18.2 Å². The van der Waals surface area contributed by atoms with Crippen molar-refractivity contribution >= 4 is 38.7 Å². The minimum atomic E-state index is -3.66. The van der Waals surface area contributed by atoms with Crippen LogP contribution in [-0.2, 0) is 19.6 Å². The van der Waals surface area contributed by atoms with Crippen LogP contribution in [0.4, 0.5) is 10.6 Å². The highest BCUT2D eigenvalue weighted by Gasteiger charge is 2.47. The molecule has 1 aliphatic carbocycles. The van der Waals surface area contributed by atoms with E-state index in [1.54, 1.807) is 24.3 Å². The molecule has 1 aromatic heterocycles. The highest BCUT2D eigenvalue weighted by Crippen LogP contribution is 2.37. The van der Waals surface area contributed by atoms with Crippen molar-refractivity contribution in [2.75, 3.05) is 38.6 Å². The van der Waals surface area contributed by atoms with Gasteiger partial charge in [0.05, 0.1) is 22.6 Å². The van der Waals surface area contributed by atoms with Crippen molar-refractivity contribution in [1.29, 1.82) is 0 Å². The molecule has 0 unspecified atom stereocenters. The minimum absolute atomic E-state index is 0.0425. The van der Waals surface area contributed by atoms with Gasteiger partial charge in [0, 0.05) is 31.6 Å². The number of benzene rings is 2. The fourth-order valence-electron chi connectivity index (χ4n) is 5.33. The van der Waals surface area contributed by atoms with Gasteiger partial charge in [-0.2, -0.15) is 9.40 Å². The first-order valence-electron chi connectivity index (χ1n) is 12.8. The molecule has 3 heterocycles. The third-order valence-corrected chi connectivity index (χ3v) is 9.66. The molecular weight excluding hydrogens is 508 g/mol. The molecule has 3 fully saturated rings. The molecule has 38 heavy (non-hydrogen) atoms. The summed E-state index contributed by atoms with van der Waals surface area (Å²) in [5.41, 5.74) is 2.05. The predicted octanol–water partition coefficient (Wildman–Crippen LogP) is 2.53. The van der Waals surface area contributed by atoms with Gasteiger partial charge in [-0.25, -0.2) is 13.2 Å². The Morgan fingerprint density at radius 2 is 1.82 bits per heavy atom. The monoisotopic (exact) mass is 538 g/mol. The number of ether oxygens (including phenoxy) is 1. The number of sulfonamides is 1. The molecule has 2 aromatic carbocycles. The van der Waals surface area contributed by atoms with Crippen molar-refractivity contribution in [3.05, 3.63) is 42.5 Å². The van der Waals surface area contributed by atoms with Crippen LogP contribution >= 0.6 is 0 Å². The Labute approximate surface area is 220 Å². The fourth-order valence-corrected chi connectivity index (χ4v) is 6.77. The lowest BCUT2D eigenvalue weighted by molar-refractivity contribution is -0.170. The molecule has 200 valence electrons. The van der Waals surface area contributed by atoms with Crippen LogP contribution in [0.3, 0.4) is 0 Å². The summed E-state index contributed by atoms with van der Waals surface area (Å²) >= 11 is 0. The molecular formula is C26H30N6O5S. The van der Waals surface area contributed by atoms with Gasteiger partial charge in [0.25, 0.3) is 0 Å². The number of carbonyl (C=O) groups excluding carboxylic acids is 2. The largest absolute Gasteiger partial charge is 0.363 e. The molecule has 2 aliphatic heterocycles. The SMILES string of the molecule is CNC(=O)Nc1n[nH]c2cc(-c3ccc(S(=O)(=O)N4CCC5(CC4)CN(C4CC4)C(=O)CO5)cc3)ccc12. The normalized spacial score (nSPS) is 20.1.